The highest BCUT2D eigenvalue weighted by molar-refractivity contribution is 5.38. The molecule has 0 bridgehead atoms. The van der Waals surface area contributed by atoms with E-state index in [0.29, 0.717) is 11.3 Å². The second-order valence-corrected chi connectivity index (χ2v) is 5.81. The first kappa shape index (κ1) is 14.1. The average molecular weight is 264 g/mol. The van der Waals surface area contributed by atoms with Gasteiger partial charge < -0.3 is 15.0 Å². The molecule has 0 amide bonds. The van der Waals surface area contributed by atoms with Gasteiger partial charge in [0.2, 0.25) is 5.88 Å². The molecule has 1 aliphatic heterocycles. The molecule has 106 valence electrons. The molecule has 1 saturated heterocycles. The molecule has 1 fully saturated rings. The maximum absolute atomic E-state index is 5.17. The second-order valence-electron chi connectivity index (χ2n) is 5.81. The van der Waals surface area contributed by atoms with Crippen LogP contribution in [0.2, 0.25) is 0 Å². The molecule has 0 unspecified atom stereocenters. The molecule has 0 aromatic carbocycles. The van der Waals surface area contributed by atoms with Crippen molar-refractivity contribution in [1.29, 1.82) is 0 Å². The van der Waals surface area contributed by atoms with Crippen molar-refractivity contribution in [3.05, 3.63) is 11.9 Å². The number of hydrogen-bond donors (Lipinski definition) is 1. The molecular weight excluding hydrogens is 240 g/mol. The fourth-order valence-electron chi connectivity index (χ4n) is 2.37. The topological polar surface area (TPSA) is 50.3 Å². The van der Waals surface area contributed by atoms with E-state index in [1.807, 2.05) is 13.0 Å². The minimum absolute atomic E-state index is 0.346. The third-order valence-corrected chi connectivity index (χ3v) is 3.91. The van der Waals surface area contributed by atoms with Gasteiger partial charge in [0.05, 0.1) is 7.11 Å². The van der Waals surface area contributed by atoms with E-state index in [0.717, 1.165) is 18.2 Å². The number of rotatable bonds is 4. The van der Waals surface area contributed by atoms with E-state index >= 15 is 0 Å². The number of nitrogens with zero attached hydrogens (tertiary/aromatic N) is 3. The highest BCUT2D eigenvalue weighted by Crippen LogP contribution is 2.30. The lowest BCUT2D eigenvalue weighted by atomic mass is 9.80. The van der Waals surface area contributed by atoms with E-state index in [2.05, 4.69) is 34.2 Å². The lowest BCUT2D eigenvalue weighted by Gasteiger charge is -2.38. The van der Waals surface area contributed by atoms with Crippen LogP contribution < -0.4 is 10.1 Å². The Labute approximate surface area is 115 Å². The molecule has 0 aliphatic carbocycles. The Morgan fingerprint density at radius 1 is 1.37 bits per heavy atom. The summed E-state index contributed by atoms with van der Waals surface area (Å²) in [5.74, 6) is 2.20. The molecule has 1 aromatic rings. The summed E-state index contributed by atoms with van der Waals surface area (Å²) in [7, 11) is 3.81. The standard InChI is InChI=1S/C14H24N4O/c1-11-16-12(9-13(17-11)19-4)15-10-14(2)5-7-18(3)8-6-14/h9H,5-8,10H2,1-4H3,(H,15,16,17). The summed E-state index contributed by atoms with van der Waals surface area (Å²) >= 11 is 0. The van der Waals surface area contributed by atoms with Crippen LogP contribution in [0.1, 0.15) is 25.6 Å². The molecule has 1 aromatic heterocycles. The number of aromatic nitrogens is 2. The molecule has 2 heterocycles. The highest BCUT2D eigenvalue weighted by atomic mass is 16.5. The Balaban J connectivity index is 1.96. The molecule has 0 radical (unpaired) electrons. The van der Waals surface area contributed by atoms with Gasteiger partial charge in [0.25, 0.3) is 0 Å². The van der Waals surface area contributed by atoms with Gasteiger partial charge >= 0.3 is 0 Å². The van der Waals surface area contributed by atoms with Crippen molar-refractivity contribution in [3.63, 3.8) is 0 Å². The van der Waals surface area contributed by atoms with Gasteiger partial charge in [-0.25, -0.2) is 4.98 Å². The first-order valence-corrected chi connectivity index (χ1v) is 6.83. The van der Waals surface area contributed by atoms with Gasteiger partial charge in [0.1, 0.15) is 11.6 Å². The zero-order valence-corrected chi connectivity index (χ0v) is 12.4. The first-order valence-electron chi connectivity index (χ1n) is 6.83. The molecule has 0 saturated carbocycles. The van der Waals surface area contributed by atoms with Crippen LogP contribution in [0.4, 0.5) is 5.82 Å². The fourth-order valence-corrected chi connectivity index (χ4v) is 2.37. The van der Waals surface area contributed by atoms with Gasteiger partial charge in [-0.1, -0.05) is 6.92 Å². The Hall–Kier alpha value is -1.36. The number of ether oxygens (including phenoxy) is 1. The smallest absolute Gasteiger partial charge is 0.218 e. The van der Waals surface area contributed by atoms with Gasteiger partial charge in [0, 0.05) is 12.6 Å². The van der Waals surface area contributed by atoms with Crippen molar-refractivity contribution in [2.75, 3.05) is 39.1 Å². The first-order chi connectivity index (χ1) is 9.00. The number of nitrogens with one attached hydrogen (secondary N) is 1. The highest BCUT2D eigenvalue weighted by Gasteiger charge is 2.28. The van der Waals surface area contributed by atoms with Gasteiger partial charge in [-0.2, -0.15) is 4.98 Å². The number of anilines is 1. The number of aryl methyl sites for hydroxylation is 1. The number of methoxy groups -OCH3 is 1. The normalized spacial score (nSPS) is 19.2. The molecule has 5 nitrogen and oxygen atoms in total. The van der Waals surface area contributed by atoms with Gasteiger partial charge in [-0.05, 0) is 45.3 Å². The Kier molecular flexibility index (Phi) is 4.24. The van der Waals surface area contributed by atoms with E-state index in [9.17, 15) is 0 Å². The van der Waals surface area contributed by atoms with Crippen LogP contribution in [0.3, 0.4) is 0 Å². The summed E-state index contributed by atoms with van der Waals surface area (Å²) in [6.07, 6.45) is 2.44. The van der Waals surface area contributed by atoms with Gasteiger partial charge in [-0.3, -0.25) is 0 Å². The molecule has 0 atom stereocenters. The van der Waals surface area contributed by atoms with Crippen molar-refractivity contribution in [2.45, 2.75) is 26.7 Å². The predicted octanol–water partition coefficient (Wildman–Crippen LogP) is 1.94. The maximum Gasteiger partial charge on any atom is 0.218 e. The number of likely N-dealkylation sites (tertiary alicyclic amines) is 1. The van der Waals surface area contributed by atoms with Crippen molar-refractivity contribution >= 4 is 5.82 Å². The molecule has 2 rings (SSSR count). The Bertz CT molecular complexity index is 427. The zero-order valence-electron chi connectivity index (χ0n) is 12.4. The molecule has 5 heteroatoms. The minimum atomic E-state index is 0.346. The van der Waals surface area contributed by atoms with Crippen molar-refractivity contribution in [1.82, 2.24) is 14.9 Å². The summed E-state index contributed by atoms with van der Waals surface area (Å²) in [5, 5.41) is 3.44. The predicted molar refractivity (Wildman–Crippen MR) is 76.6 cm³/mol. The Morgan fingerprint density at radius 2 is 2.05 bits per heavy atom. The minimum Gasteiger partial charge on any atom is -0.481 e. The van der Waals surface area contributed by atoms with Gasteiger partial charge in [0.15, 0.2) is 0 Å². The third-order valence-electron chi connectivity index (χ3n) is 3.91. The van der Waals surface area contributed by atoms with Crippen LogP contribution in [-0.2, 0) is 0 Å². The van der Waals surface area contributed by atoms with Crippen molar-refractivity contribution < 1.29 is 4.74 Å². The fraction of sp³-hybridized carbons (Fsp3) is 0.714. The summed E-state index contributed by atoms with van der Waals surface area (Å²) in [4.78, 5) is 11.0. The van der Waals surface area contributed by atoms with Gasteiger partial charge in [-0.15, -0.1) is 0 Å². The lowest BCUT2D eigenvalue weighted by Crippen LogP contribution is -2.40. The second kappa shape index (κ2) is 5.74. The van der Waals surface area contributed by atoms with Crippen LogP contribution in [-0.4, -0.2) is 48.7 Å². The average Bonchev–Trinajstić information content (AvgIpc) is 2.40. The molecule has 0 spiro atoms. The summed E-state index contributed by atoms with van der Waals surface area (Å²) in [6, 6.07) is 1.85. The van der Waals surface area contributed by atoms with Crippen LogP contribution in [0.15, 0.2) is 6.07 Å². The molecular formula is C14H24N4O. The number of hydrogen-bond acceptors (Lipinski definition) is 5. The summed E-state index contributed by atoms with van der Waals surface area (Å²) in [5.41, 5.74) is 0.346. The molecule has 1 aliphatic rings. The van der Waals surface area contributed by atoms with Crippen molar-refractivity contribution in [2.24, 2.45) is 5.41 Å². The van der Waals surface area contributed by atoms with E-state index in [4.69, 9.17) is 4.74 Å². The maximum atomic E-state index is 5.17. The van der Waals surface area contributed by atoms with E-state index in [1.165, 1.54) is 25.9 Å². The molecule has 19 heavy (non-hydrogen) atoms. The van der Waals surface area contributed by atoms with Crippen molar-refractivity contribution in [3.8, 4) is 5.88 Å². The monoisotopic (exact) mass is 264 g/mol. The quantitative estimate of drug-likeness (QED) is 0.900. The van der Waals surface area contributed by atoms with Crippen LogP contribution in [0, 0.1) is 12.3 Å². The largest absolute Gasteiger partial charge is 0.481 e. The zero-order chi connectivity index (χ0) is 13.9. The molecule has 1 N–H and O–H groups in total. The van der Waals surface area contributed by atoms with E-state index in [-0.39, 0.29) is 0 Å². The third kappa shape index (κ3) is 3.80. The van der Waals surface area contributed by atoms with E-state index < -0.39 is 0 Å². The van der Waals surface area contributed by atoms with E-state index in [1.54, 1.807) is 7.11 Å². The summed E-state index contributed by atoms with van der Waals surface area (Å²) < 4.78 is 5.17. The van der Waals surface area contributed by atoms with Crippen LogP contribution in [0.5, 0.6) is 5.88 Å². The number of piperidine rings is 1. The van der Waals surface area contributed by atoms with Crippen LogP contribution >= 0.6 is 0 Å². The SMILES string of the molecule is COc1cc(NCC2(C)CCN(C)CC2)nc(C)n1. The summed E-state index contributed by atoms with van der Waals surface area (Å²) in [6.45, 7) is 7.51. The Morgan fingerprint density at radius 3 is 2.68 bits per heavy atom. The lowest BCUT2D eigenvalue weighted by molar-refractivity contribution is 0.150. The van der Waals surface area contributed by atoms with Crippen LogP contribution in [0.25, 0.3) is 0 Å².